The van der Waals surface area contributed by atoms with Gasteiger partial charge in [-0.2, -0.15) is 4.31 Å². The lowest BCUT2D eigenvalue weighted by Crippen LogP contribution is -2.53. The van der Waals surface area contributed by atoms with Crippen molar-refractivity contribution in [3.63, 3.8) is 0 Å². The maximum absolute atomic E-state index is 14.0. The molecule has 2 aromatic rings. The Hall–Kier alpha value is -2.45. The Kier molecular flexibility index (Phi) is 6.06. The minimum atomic E-state index is -3.60. The third-order valence-electron chi connectivity index (χ3n) is 5.90. The Morgan fingerprint density at radius 2 is 1.57 bits per heavy atom. The lowest BCUT2D eigenvalue weighted by Gasteiger charge is -2.39. The molecule has 0 aliphatic carbocycles. The number of para-hydroxylation sites is 1. The number of anilines is 1. The van der Waals surface area contributed by atoms with Crippen LogP contribution in [0.3, 0.4) is 0 Å². The van der Waals surface area contributed by atoms with Gasteiger partial charge in [0.1, 0.15) is 5.82 Å². The first-order valence-electron chi connectivity index (χ1n) is 10.3. The predicted molar refractivity (Wildman–Crippen MR) is 113 cm³/mol. The van der Waals surface area contributed by atoms with Crippen LogP contribution in [0.15, 0.2) is 59.5 Å². The average molecular weight is 432 g/mol. The molecule has 4 rings (SSSR count). The molecule has 0 unspecified atom stereocenters. The second-order valence-electron chi connectivity index (χ2n) is 7.78. The van der Waals surface area contributed by atoms with Gasteiger partial charge in [-0.3, -0.25) is 4.79 Å². The van der Waals surface area contributed by atoms with E-state index in [0.29, 0.717) is 51.3 Å². The van der Waals surface area contributed by atoms with Crippen LogP contribution in [0.5, 0.6) is 0 Å². The minimum Gasteiger partial charge on any atom is -0.366 e. The van der Waals surface area contributed by atoms with Crippen molar-refractivity contribution in [3.05, 3.63) is 60.4 Å². The van der Waals surface area contributed by atoms with Gasteiger partial charge in [0, 0.05) is 39.3 Å². The lowest BCUT2D eigenvalue weighted by atomic mass is 9.97. The molecule has 30 heavy (non-hydrogen) atoms. The molecule has 160 valence electrons. The summed E-state index contributed by atoms with van der Waals surface area (Å²) in [5, 5.41) is 0. The third-order valence-corrected chi connectivity index (χ3v) is 7.78. The molecular weight excluding hydrogens is 405 g/mol. The monoisotopic (exact) mass is 431 g/mol. The van der Waals surface area contributed by atoms with Gasteiger partial charge in [0.05, 0.1) is 16.5 Å². The lowest BCUT2D eigenvalue weighted by molar-refractivity contribution is -0.137. The van der Waals surface area contributed by atoms with E-state index in [2.05, 4.69) is 0 Å². The largest absolute Gasteiger partial charge is 0.366 e. The summed E-state index contributed by atoms with van der Waals surface area (Å²) >= 11 is 0. The molecule has 2 aliphatic heterocycles. The van der Waals surface area contributed by atoms with E-state index >= 15 is 0 Å². The molecule has 0 radical (unpaired) electrons. The van der Waals surface area contributed by atoms with E-state index < -0.39 is 10.0 Å². The van der Waals surface area contributed by atoms with Gasteiger partial charge < -0.3 is 9.80 Å². The zero-order chi connectivity index (χ0) is 21.1. The number of amides is 1. The van der Waals surface area contributed by atoms with Crippen molar-refractivity contribution >= 4 is 21.6 Å². The van der Waals surface area contributed by atoms with Gasteiger partial charge in [0.15, 0.2) is 0 Å². The fraction of sp³-hybridized carbons (Fsp3) is 0.409. The van der Waals surface area contributed by atoms with Gasteiger partial charge in [0.25, 0.3) is 0 Å². The standard InChI is InChI=1S/C22H26FN3O3S/c23-20-10-4-5-11-21(20)24-13-15-25(16-14-24)22(27)18-7-6-12-26(17-18)30(28,29)19-8-2-1-3-9-19/h1-5,8-11,18H,6-7,12-17H2/t18-/m1/s1. The SMILES string of the molecule is O=C([C@@H]1CCCN(S(=O)(=O)c2ccccc2)C1)N1CCN(c2ccccc2F)CC1. The van der Waals surface area contributed by atoms with Crippen LogP contribution >= 0.6 is 0 Å². The number of halogens is 1. The highest BCUT2D eigenvalue weighted by atomic mass is 32.2. The molecule has 2 aromatic carbocycles. The molecule has 2 aliphatic rings. The van der Waals surface area contributed by atoms with E-state index in [1.54, 1.807) is 53.4 Å². The predicted octanol–water partition coefficient (Wildman–Crippen LogP) is 2.58. The summed E-state index contributed by atoms with van der Waals surface area (Å²) in [6.45, 7) is 2.78. The topological polar surface area (TPSA) is 60.9 Å². The summed E-state index contributed by atoms with van der Waals surface area (Å²) in [5.74, 6) is -0.597. The van der Waals surface area contributed by atoms with E-state index in [0.717, 1.165) is 0 Å². The van der Waals surface area contributed by atoms with E-state index in [9.17, 15) is 17.6 Å². The summed E-state index contributed by atoms with van der Waals surface area (Å²) in [4.78, 5) is 17.1. The molecule has 1 amide bonds. The molecule has 0 aromatic heterocycles. The zero-order valence-corrected chi connectivity index (χ0v) is 17.6. The number of carbonyl (C=O) groups is 1. The van der Waals surface area contributed by atoms with Crippen molar-refractivity contribution in [2.45, 2.75) is 17.7 Å². The van der Waals surface area contributed by atoms with Crippen molar-refractivity contribution < 1.29 is 17.6 Å². The number of hydrogen-bond donors (Lipinski definition) is 0. The van der Waals surface area contributed by atoms with Crippen LogP contribution < -0.4 is 4.90 Å². The normalized spacial score (nSPS) is 20.9. The van der Waals surface area contributed by atoms with Crippen LogP contribution in [0.1, 0.15) is 12.8 Å². The Bertz CT molecular complexity index is 992. The summed E-state index contributed by atoms with van der Waals surface area (Å²) in [7, 11) is -3.60. The van der Waals surface area contributed by atoms with E-state index in [-0.39, 0.29) is 29.1 Å². The number of piperazine rings is 1. The Labute approximate surface area is 176 Å². The average Bonchev–Trinajstić information content (AvgIpc) is 2.80. The summed E-state index contributed by atoms with van der Waals surface area (Å²) in [6.07, 6.45) is 1.35. The van der Waals surface area contributed by atoms with Crippen LogP contribution in [-0.2, 0) is 14.8 Å². The Morgan fingerprint density at radius 1 is 0.900 bits per heavy atom. The molecule has 0 spiro atoms. The number of benzene rings is 2. The molecule has 8 heteroatoms. The van der Waals surface area contributed by atoms with Crippen molar-refractivity contribution in [1.29, 1.82) is 0 Å². The van der Waals surface area contributed by atoms with Crippen molar-refractivity contribution in [1.82, 2.24) is 9.21 Å². The van der Waals surface area contributed by atoms with Crippen LogP contribution in [-0.4, -0.2) is 62.8 Å². The third kappa shape index (κ3) is 4.20. The molecular formula is C22H26FN3O3S. The first-order valence-corrected chi connectivity index (χ1v) is 11.7. The smallest absolute Gasteiger partial charge is 0.243 e. The fourth-order valence-corrected chi connectivity index (χ4v) is 5.78. The number of rotatable bonds is 4. The van der Waals surface area contributed by atoms with Crippen LogP contribution in [0.4, 0.5) is 10.1 Å². The van der Waals surface area contributed by atoms with Crippen molar-refractivity contribution in [2.24, 2.45) is 5.92 Å². The highest BCUT2D eigenvalue weighted by molar-refractivity contribution is 7.89. The van der Waals surface area contributed by atoms with E-state index in [1.165, 1.54) is 10.4 Å². The van der Waals surface area contributed by atoms with Gasteiger partial charge in [-0.25, -0.2) is 12.8 Å². The first-order chi connectivity index (χ1) is 14.5. The van der Waals surface area contributed by atoms with Crippen molar-refractivity contribution in [3.8, 4) is 0 Å². The van der Waals surface area contributed by atoms with E-state index in [4.69, 9.17) is 0 Å². The zero-order valence-electron chi connectivity index (χ0n) is 16.8. The van der Waals surface area contributed by atoms with Gasteiger partial charge in [-0.15, -0.1) is 0 Å². The van der Waals surface area contributed by atoms with Crippen LogP contribution in [0.2, 0.25) is 0 Å². The molecule has 6 nitrogen and oxygen atoms in total. The quantitative estimate of drug-likeness (QED) is 0.747. The second kappa shape index (κ2) is 8.73. The summed E-state index contributed by atoms with van der Waals surface area (Å²) < 4.78 is 41.3. The van der Waals surface area contributed by atoms with E-state index in [1.807, 2.05) is 4.90 Å². The molecule has 0 N–H and O–H groups in total. The highest BCUT2D eigenvalue weighted by Gasteiger charge is 2.35. The van der Waals surface area contributed by atoms with Gasteiger partial charge in [-0.05, 0) is 37.1 Å². The van der Waals surface area contributed by atoms with Gasteiger partial charge in [0.2, 0.25) is 15.9 Å². The molecule has 0 bridgehead atoms. The summed E-state index contributed by atoms with van der Waals surface area (Å²) in [6, 6.07) is 15.0. The van der Waals surface area contributed by atoms with Crippen molar-refractivity contribution in [2.75, 3.05) is 44.2 Å². The maximum atomic E-state index is 14.0. The Morgan fingerprint density at radius 3 is 2.27 bits per heavy atom. The minimum absolute atomic E-state index is 0.00357. The molecule has 2 saturated heterocycles. The molecule has 2 fully saturated rings. The van der Waals surface area contributed by atoms with Crippen LogP contribution in [0.25, 0.3) is 0 Å². The maximum Gasteiger partial charge on any atom is 0.243 e. The first kappa shape index (κ1) is 20.8. The number of carbonyl (C=O) groups excluding carboxylic acids is 1. The number of piperidine rings is 1. The highest BCUT2D eigenvalue weighted by Crippen LogP contribution is 2.26. The second-order valence-corrected chi connectivity index (χ2v) is 9.72. The fourth-order valence-electron chi connectivity index (χ4n) is 4.24. The van der Waals surface area contributed by atoms with Gasteiger partial charge in [-0.1, -0.05) is 30.3 Å². The number of nitrogens with zero attached hydrogens (tertiary/aromatic N) is 3. The van der Waals surface area contributed by atoms with Gasteiger partial charge >= 0.3 is 0 Å². The molecule has 2 heterocycles. The molecule has 1 atom stereocenters. The Balaban J connectivity index is 1.39. The summed E-state index contributed by atoms with van der Waals surface area (Å²) in [5.41, 5.74) is 0.558. The number of hydrogen-bond acceptors (Lipinski definition) is 4. The molecule has 0 saturated carbocycles. The van der Waals surface area contributed by atoms with Crippen LogP contribution in [0, 0.1) is 11.7 Å². The number of sulfonamides is 1.